The van der Waals surface area contributed by atoms with Gasteiger partial charge in [-0.2, -0.15) is 5.26 Å². The van der Waals surface area contributed by atoms with Crippen molar-refractivity contribution in [1.82, 2.24) is 10.6 Å². The Labute approximate surface area is 154 Å². The summed E-state index contributed by atoms with van der Waals surface area (Å²) in [4.78, 5) is 12.3. The summed E-state index contributed by atoms with van der Waals surface area (Å²) in [5, 5.41) is 19.4. The quantitative estimate of drug-likeness (QED) is 0.566. The van der Waals surface area contributed by atoms with E-state index in [1.54, 1.807) is 24.3 Å². The SMILES string of the molecule is CC1(C)CC(N/C=C(/C#N)C(=O)Nc2cccc(Cl)c2)CC(C)(C)N1. The molecule has 1 aliphatic rings. The minimum atomic E-state index is -0.454. The van der Waals surface area contributed by atoms with Gasteiger partial charge in [0.2, 0.25) is 0 Å². The Hall–Kier alpha value is -2.03. The lowest BCUT2D eigenvalue weighted by molar-refractivity contribution is -0.112. The molecule has 0 atom stereocenters. The Balaban J connectivity index is 2.04. The van der Waals surface area contributed by atoms with E-state index in [2.05, 4.69) is 43.6 Å². The minimum Gasteiger partial charge on any atom is -0.387 e. The van der Waals surface area contributed by atoms with Gasteiger partial charge in [-0.3, -0.25) is 4.79 Å². The van der Waals surface area contributed by atoms with Crippen molar-refractivity contribution >= 4 is 23.2 Å². The fourth-order valence-electron chi connectivity index (χ4n) is 3.55. The third kappa shape index (κ3) is 5.77. The van der Waals surface area contributed by atoms with Crippen LogP contribution >= 0.6 is 11.6 Å². The third-order valence-corrected chi connectivity index (χ3v) is 4.34. The molecule has 1 aliphatic heterocycles. The molecule has 0 saturated carbocycles. The number of nitrogens with one attached hydrogen (secondary N) is 3. The smallest absolute Gasteiger partial charge is 0.267 e. The first-order chi connectivity index (χ1) is 11.6. The number of nitrogens with zero attached hydrogens (tertiary/aromatic N) is 1. The van der Waals surface area contributed by atoms with E-state index in [9.17, 15) is 10.1 Å². The zero-order chi connectivity index (χ0) is 18.7. The van der Waals surface area contributed by atoms with Gasteiger partial charge in [0.05, 0.1) is 0 Å². The maximum atomic E-state index is 12.3. The molecule has 1 heterocycles. The van der Waals surface area contributed by atoms with E-state index in [0.717, 1.165) is 12.8 Å². The number of hydrogen-bond donors (Lipinski definition) is 3. The van der Waals surface area contributed by atoms with Crippen LogP contribution in [0.2, 0.25) is 5.02 Å². The van der Waals surface area contributed by atoms with Gasteiger partial charge in [-0.05, 0) is 58.7 Å². The molecule has 0 radical (unpaired) electrons. The van der Waals surface area contributed by atoms with Crippen molar-refractivity contribution in [3.05, 3.63) is 41.1 Å². The Morgan fingerprint density at radius 2 is 1.96 bits per heavy atom. The molecule has 0 bridgehead atoms. The molecule has 1 aromatic carbocycles. The van der Waals surface area contributed by atoms with Crippen molar-refractivity contribution < 1.29 is 4.79 Å². The van der Waals surface area contributed by atoms with E-state index >= 15 is 0 Å². The molecule has 0 spiro atoms. The van der Waals surface area contributed by atoms with Gasteiger partial charge >= 0.3 is 0 Å². The number of anilines is 1. The summed E-state index contributed by atoms with van der Waals surface area (Å²) in [5.74, 6) is -0.454. The number of hydrogen-bond acceptors (Lipinski definition) is 4. The topological polar surface area (TPSA) is 77.0 Å². The third-order valence-electron chi connectivity index (χ3n) is 4.10. The summed E-state index contributed by atoms with van der Waals surface area (Å²) in [6.07, 6.45) is 3.32. The molecule has 5 nitrogen and oxygen atoms in total. The van der Waals surface area contributed by atoms with E-state index in [0.29, 0.717) is 10.7 Å². The fraction of sp³-hybridized carbons (Fsp3) is 0.474. The van der Waals surface area contributed by atoms with Crippen LogP contribution in [0.25, 0.3) is 0 Å². The van der Waals surface area contributed by atoms with Gasteiger partial charge in [-0.1, -0.05) is 17.7 Å². The molecule has 0 unspecified atom stereocenters. The molecule has 0 aliphatic carbocycles. The van der Waals surface area contributed by atoms with Crippen molar-refractivity contribution in [3.8, 4) is 6.07 Å². The summed E-state index contributed by atoms with van der Waals surface area (Å²) < 4.78 is 0. The van der Waals surface area contributed by atoms with Crippen molar-refractivity contribution in [1.29, 1.82) is 5.26 Å². The molecule has 1 amide bonds. The molecule has 3 N–H and O–H groups in total. The van der Waals surface area contributed by atoms with Crippen LogP contribution in [0.4, 0.5) is 5.69 Å². The molecule has 0 aromatic heterocycles. The second-order valence-electron chi connectivity index (χ2n) is 7.80. The summed E-state index contributed by atoms with van der Waals surface area (Å²) in [6, 6.07) is 8.97. The van der Waals surface area contributed by atoms with Gasteiger partial charge in [0.15, 0.2) is 0 Å². The molecule has 1 aromatic rings. The van der Waals surface area contributed by atoms with Crippen molar-refractivity contribution in [2.75, 3.05) is 5.32 Å². The average molecular weight is 361 g/mol. The van der Waals surface area contributed by atoms with Gasteiger partial charge < -0.3 is 16.0 Å². The number of piperidine rings is 1. The van der Waals surface area contributed by atoms with Crippen molar-refractivity contribution in [2.24, 2.45) is 0 Å². The van der Waals surface area contributed by atoms with E-state index in [-0.39, 0.29) is 22.7 Å². The maximum Gasteiger partial charge on any atom is 0.267 e. The zero-order valence-corrected chi connectivity index (χ0v) is 15.9. The van der Waals surface area contributed by atoms with Crippen LogP contribution in [-0.4, -0.2) is 23.0 Å². The number of amides is 1. The number of benzene rings is 1. The fourth-order valence-corrected chi connectivity index (χ4v) is 3.74. The summed E-state index contributed by atoms with van der Waals surface area (Å²) in [6.45, 7) is 8.62. The average Bonchev–Trinajstić information content (AvgIpc) is 2.44. The number of carbonyl (C=O) groups excluding carboxylic acids is 1. The number of carbonyl (C=O) groups is 1. The van der Waals surface area contributed by atoms with Gasteiger partial charge in [0.25, 0.3) is 5.91 Å². The predicted octanol–water partition coefficient (Wildman–Crippen LogP) is 3.58. The van der Waals surface area contributed by atoms with Gasteiger partial charge in [-0.25, -0.2) is 0 Å². The molecular weight excluding hydrogens is 336 g/mol. The summed E-state index contributed by atoms with van der Waals surface area (Å²) >= 11 is 5.91. The van der Waals surface area contributed by atoms with Gasteiger partial charge in [-0.15, -0.1) is 0 Å². The van der Waals surface area contributed by atoms with Crippen LogP contribution in [0.15, 0.2) is 36.0 Å². The van der Waals surface area contributed by atoms with Crippen LogP contribution in [0.5, 0.6) is 0 Å². The molecule has 1 saturated heterocycles. The molecule has 6 heteroatoms. The standard InChI is InChI=1S/C19H25ClN4O/c1-18(2)9-16(10-19(3,4)24-18)22-12-13(11-21)17(25)23-15-7-5-6-14(20)8-15/h5-8,12,16,22,24H,9-10H2,1-4H3,(H,23,25)/b13-12-. The number of nitriles is 1. The van der Waals surface area contributed by atoms with Crippen LogP contribution in [-0.2, 0) is 4.79 Å². The molecular formula is C19H25ClN4O. The van der Waals surface area contributed by atoms with Crippen molar-refractivity contribution in [3.63, 3.8) is 0 Å². The lowest BCUT2D eigenvalue weighted by atomic mass is 9.80. The Morgan fingerprint density at radius 1 is 1.32 bits per heavy atom. The van der Waals surface area contributed by atoms with Crippen LogP contribution < -0.4 is 16.0 Å². The van der Waals surface area contributed by atoms with Crippen LogP contribution in [0, 0.1) is 11.3 Å². The molecule has 1 fully saturated rings. The lowest BCUT2D eigenvalue weighted by Gasteiger charge is -2.46. The number of halogens is 1. The number of rotatable bonds is 4. The first kappa shape index (κ1) is 19.3. The highest BCUT2D eigenvalue weighted by Crippen LogP contribution is 2.28. The Kier molecular flexibility index (Phi) is 5.76. The highest BCUT2D eigenvalue weighted by Gasteiger charge is 2.37. The van der Waals surface area contributed by atoms with E-state index in [1.807, 2.05) is 6.07 Å². The minimum absolute atomic E-state index is 0.0108. The summed E-state index contributed by atoms with van der Waals surface area (Å²) in [7, 11) is 0. The van der Waals surface area contributed by atoms with E-state index in [1.165, 1.54) is 6.20 Å². The Morgan fingerprint density at radius 3 is 2.52 bits per heavy atom. The first-order valence-corrected chi connectivity index (χ1v) is 8.71. The second kappa shape index (κ2) is 7.47. The first-order valence-electron chi connectivity index (χ1n) is 8.33. The molecule has 134 valence electrons. The maximum absolute atomic E-state index is 12.3. The van der Waals surface area contributed by atoms with E-state index in [4.69, 9.17) is 11.6 Å². The van der Waals surface area contributed by atoms with Crippen LogP contribution in [0.1, 0.15) is 40.5 Å². The van der Waals surface area contributed by atoms with Crippen molar-refractivity contribution in [2.45, 2.75) is 57.7 Å². The van der Waals surface area contributed by atoms with Gasteiger partial charge in [0.1, 0.15) is 11.6 Å². The predicted molar refractivity (Wildman–Crippen MR) is 101 cm³/mol. The monoisotopic (exact) mass is 360 g/mol. The normalized spacial score (nSPS) is 19.8. The largest absolute Gasteiger partial charge is 0.387 e. The lowest BCUT2D eigenvalue weighted by Crippen LogP contribution is -2.61. The van der Waals surface area contributed by atoms with Crippen LogP contribution in [0.3, 0.4) is 0 Å². The molecule has 2 rings (SSSR count). The highest BCUT2D eigenvalue weighted by atomic mass is 35.5. The summed E-state index contributed by atoms with van der Waals surface area (Å²) in [5.41, 5.74) is 0.573. The second-order valence-corrected chi connectivity index (χ2v) is 8.24. The zero-order valence-electron chi connectivity index (χ0n) is 15.1. The Bertz CT molecular complexity index is 702. The van der Waals surface area contributed by atoms with E-state index < -0.39 is 5.91 Å². The van der Waals surface area contributed by atoms with Gasteiger partial charge in [0, 0.05) is 34.0 Å². The molecule has 25 heavy (non-hydrogen) atoms. The highest BCUT2D eigenvalue weighted by molar-refractivity contribution is 6.31.